The van der Waals surface area contributed by atoms with Crippen molar-refractivity contribution >= 4 is 46.3 Å². The number of carbonyl (C=O) groups is 2. The van der Waals surface area contributed by atoms with E-state index in [-0.39, 0.29) is 13.0 Å². The zero-order valence-corrected chi connectivity index (χ0v) is 15.5. The van der Waals surface area contributed by atoms with Crippen LogP contribution in [0.5, 0.6) is 0 Å². The van der Waals surface area contributed by atoms with E-state index >= 15 is 0 Å². The molecule has 2 rings (SSSR count). The molecular weight excluding hydrogens is 445 g/mol. The molecule has 2 N–H and O–H groups in total. The smallest absolute Gasteiger partial charge is 0.408 e. The Morgan fingerprint density at radius 3 is 2.58 bits per heavy atom. The van der Waals surface area contributed by atoms with Gasteiger partial charge in [0.05, 0.1) is 0 Å². The van der Waals surface area contributed by atoms with Crippen LogP contribution in [0.25, 0.3) is 0 Å². The monoisotopic (exact) mass is 459 g/mol. The third-order valence-corrected chi connectivity index (χ3v) is 4.27. The third-order valence-electron chi connectivity index (χ3n) is 3.23. The van der Waals surface area contributed by atoms with E-state index < -0.39 is 18.1 Å². The second kappa shape index (κ2) is 8.89. The predicted octanol–water partition coefficient (Wildman–Crippen LogP) is 3.87. The normalized spacial score (nSPS) is 11.6. The van der Waals surface area contributed by atoms with Crippen LogP contribution in [0.4, 0.5) is 4.79 Å². The van der Waals surface area contributed by atoms with Crippen molar-refractivity contribution < 1.29 is 19.4 Å². The summed E-state index contributed by atoms with van der Waals surface area (Å²) >= 11 is 8.20. The van der Waals surface area contributed by atoms with E-state index in [1.54, 1.807) is 12.1 Å². The lowest BCUT2D eigenvalue weighted by atomic mass is 10.1. The lowest BCUT2D eigenvalue weighted by Crippen LogP contribution is -2.42. The second-order valence-corrected chi connectivity index (χ2v) is 6.69. The molecule has 0 bridgehead atoms. The van der Waals surface area contributed by atoms with Crippen molar-refractivity contribution in [1.82, 2.24) is 5.32 Å². The number of rotatable bonds is 6. The Balaban J connectivity index is 1.96. The fraction of sp³-hybridized carbons (Fsp3) is 0.176. The molecule has 0 aliphatic rings. The highest BCUT2D eigenvalue weighted by Gasteiger charge is 2.22. The largest absolute Gasteiger partial charge is 0.480 e. The average Bonchev–Trinajstić information content (AvgIpc) is 2.56. The zero-order chi connectivity index (χ0) is 17.5. The maximum absolute atomic E-state index is 11.8. The number of nitrogens with one attached hydrogen (secondary N) is 1. The molecule has 0 saturated carbocycles. The number of halogens is 2. The summed E-state index contributed by atoms with van der Waals surface area (Å²) in [7, 11) is 0. The number of amides is 1. The molecule has 0 aliphatic heterocycles. The number of carbonyl (C=O) groups excluding carboxylic acids is 1. The fourth-order valence-corrected chi connectivity index (χ4v) is 2.78. The molecule has 2 aromatic carbocycles. The summed E-state index contributed by atoms with van der Waals surface area (Å²) in [6.45, 7) is 0.0724. The standard InChI is InChI=1S/C17H15ClINO4/c18-14-7-6-13(19)8-12(14)9-15(16(21)22)20-17(23)24-10-11-4-2-1-3-5-11/h1-8,15H,9-10H2,(H,20,23)(H,21,22). The number of carboxylic acid groups (broad SMARTS) is 1. The Bertz CT molecular complexity index is 724. The molecule has 0 aliphatic carbocycles. The van der Waals surface area contributed by atoms with E-state index in [2.05, 4.69) is 27.9 Å². The molecule has 0 aromatic heterocycles. The number of benzene rings is 2. The Morgan fingerprint density at radius 1 is 1.21 bits per heavy atom. The minimum atomic E-state index is -1.15. The molecule has 126 valence electrons. The minimum absolute atomic E-state index is 0.0724. The van der Waals surface area contributed by atoms with Crippen LogP contribution in [0, 0.1) is 3.57 Å². The van der Waals surface area contributed by atoms with Crippen molar-refractivity contribution in [2.24, 2.45) is 0 Å². The van der Waals surface area contributed by atoms with Crippen LogP contribution in [-0.2, 0) is 22.6 Å². The van der Waals surface area contributed by atoms with Crippen LogP contribution >= 0.6 is 34.2 Å². The molecule has 5 nitrogen and oxygen atoms in total. The van der Waals surface area contributed by atoms with Gasteiger partial charge < -0.3 is 15.2 Å². The van der Waals surface area contributed by atoms with Gasteiger partial charge in [0, 0.05) is 15.0 Å². The van der Waals surface area contributed by atoms with E-state index in [0.29, 0.717) is 10.6 Å². The van der Waals surface area contributed by atoms with Gasteiger partial charge in [-0.25, -0.2) is 9.59 Å². The Kier molecular flexibility index (Phi) is 6.86. The molecule has 1 atom stereocenters. The Hall–Kier alpha value is -1.80. The highest BCUT2D eigenvalue weighted by Crippen LogP contribution is 2.20. The molecule has 0 saturated heterocycles. The van der Waals surface area contributed by atoms with Crippen LogP contribution < -0.4 is 5.32 Å². The number of hydrogen-bond acceptors (Lipinski definition) is 3. The summed E-state index contributed by atoms with van der Waals surface area (Å²) < 4.78 is 5.99. The number of alkyl carbamates (subject to hydrolysis) is 1. The average molecular weight is 460 g/mol. The zero-order valence-electron chi connectivity index (χ0n) is 12.5. The maximum Gasteiger partial charge on any atom is 0.408 e. The lowest BCUT2D eigenvalue weighted by molar-refractivity contribution is -0.139. The summed E-state index contributed by atoms with van der Waals surface area (Å²) in [5.74, 6) is -1.15. The summed E-state index contributed by atoms with van der Waals surface area (Å²) in [5, 5.41) is 12.1. The van der Waals surface area contributed by atoms with Crippen molar-refractivity contribution in [3.8, 4) is 0 Å². The third kappa shape index (κ3) is 5.68. The van der Waals surface area contributed by atoms with Gasteiger partial charge in [-0.1, -0.05) is 41.9 Å². The fourth-order valence-electron chi connectivity index (χ4n) is 2.03. The van der Waals surface area contributed by atoms with Gasteiger partial charge in [-0.2, -0.15) is 0 Å². The molecule has 0 spiro atoms. The van der Waals surface area contributed by atoms with Gasteiger partial charge in [0.1, 0.15) is 12.6 Å². The van der Waals surface area contributed by atoms with Gasteiger partial charge in [0.2, 0.25) is 0 Å². The molecular formula is C17H15ClINO4. The number of aliphatic carboxylic acids is 1. The van der Waals surface area contributed by atoms with E-state index in [1.807, 2.05) is 36.4 Å². The molecule has 2 aromatic rings. The maximum atomic E-state index is 11.8. The molecule has 0 radical (unpaired) electrons. The second-order valence-electron chi connectivity index (χ2n) is 5.04. The van der Waals surface area contributed by atoms with Gasteiger partial charge in [0.25, 0.3) is 0 Å². The summed E-state index contributed by atoms with van der Waals surface area (Å²) in [6.07, 6.45) is -0.709. The Labute approximate surface area is 158 Å². The van der Waals surface area contributed by atoms with Crippen LogP contribution in [0.2, 0.25) is 5.02 Å². The first-order chi connectivity index (χ1) is 11.5. The van der Waals surface area contributed by atoms with Crippen molar-refractivity contribution in [3.63, 3.8) is 0 Å². The van der Waals surface area contributed by atoms with E-state index in [0.717, 1.165) is 9.13 Å². The first-order valence-electron chi connectivity index (χ1n) is 7.09. The van der Waals surface area contributed by atoms with Crippen LogP contribution in [0.3, 0.4) is 0 Å². The summed E-state index contributed by atoms with van der Waals surface area (Å²) in [6, 6.07) is 13.3. The van der Waals surface area contributed by atoms with Crippen molar-refractivity contribution in [2.75, 3.05) is 0 Å². The van der Waals surface area contributed by atoms with Crippen molar-refractivity contribution in [3.05, 3.63) is 68.3 Å². The predicted molar refractivity (Wildman–Crippen MR) is 99.1 cm³/mol. The molecule has 1 amide bonds. The summed E-state index contributed by atoms with van der Waals surface area (Å²) in [4.78, 5) is 23.2. The number of hydrogen-bond donors (Lipinski definition) is 2. The van der Waals surface area contributed by atoms with Gasteiger partial charge >= 0.3 is 12.1 Å². The van der Waals surface area contributed by atoms with Crippen LogP contribution in [0.15, 0.2) is 48.5 Å². The molecule has 24 heavy (non-hydrogen) atoms. The quantitative estimate of drug-likeness (QED) is 0.643. The van der Waals surface area contributed by atoms with Crippen LogP contribution in [-0.4, -0.2) is 23.2 Å². The number of carboxylic acids is 1. The molecule has 0 fully saturated rings. The van der Waals surface area contributed by atoms with E-state index in [4.69, 9.17) is 16.3 Å². The van der Waals surface area contributed by atoms with Crippen molar-refractivity contribution in [2.45, 2.75) is 19.1 Å². The SMILES string of the molecule is O=C(NC(Cc1cc(I)ccc1Cl)C(=O)O)OCc1ccccc1. The molecule has 7 heteroatoms. The summed E-state index contributed by atoms with van der Waals surface area (Å²) in [5.41, 5.74) is 1.47. The highest BCUT2D eigenvalue weighted by atomic mass is 127. The first kappa shape index (κ1) is 18.5. The topological polar surface area (TPSA) is 75.6 Å². The first-order valence-corrected chi connectivity index (χ1v) is 8.55. The Morgan fingerprint density at radius 2 is 1.92 bits per heavy atom. The van der Waals surface area contributed by atoms with Crippen LogP contribution in [0.1, 0.15) is 11.1 Å². The van der Waals surface area contributed by atoms with Gasteiger partial charge in [0.15, 0.2) is 0 Å². The molecule has 1 unspecified atom stereocenters. The number of ether oxygens (including phenoxy) is 1. The van der Waals surface area contributed by atoms with E-state index in [9.17, 15) is 14.7 Å². The lowest BCUT2D eigenvalue weighted by Gasteiger charge is -2.15. The van der Waals surface area contributed by atoms with Gasteiger partial charge in [-0.05, 0) is 51.9 Å². The van der Waals surface area contributed by atoms with Gasteiger partial charge in [-0.3, -0.25) is 0 Å². The van der Waals surface area contributed by atoms with Gasteiger partial charge in [-0.15, -0.1) is 0 Å². The molecule has 0 heterocycles. The van der Waals surface area contributed by atoms with Crippen molar-refractivity contribution in [1.29, 1.82) is 0 Å². The van der Waals surface area contributed by atoms with E-state index in [1.165, 1.54) is 0 Å². The minimum Gasteiger partial charge on any atom is -0.480 e. The highest BCUT2D eigenvalue weighted by molar-refractivity contribution is 14.1.